The summed E-state index contributed by atoms with van der Waals surface area (Å²) in [6, 6.07) is 9.40. The second-order valence-electron chi connectivity index (χ2n) is 19.4. The highest BCUT2D eigenvalue weighted by atomic mass is 16.7. The van der Waals surface area contributed by atoms with E-state index in [-0.39, 0.29) is 12.8 Å². The molecule has 1 saturated heterocycles. The number of primary amides is 1. The van der Waals surface area contributed by atoms with Gasteiger partial charge in [0.15, 0.2) is 17.9 Å². The van der Waals surface area contributed by atoms with Crippen LogP contribution in [0, 0.1) is 21.7 Å². The van der Waals surface area contributed by atoms with Gasteiger partial charge in [-0.2, -0.15) is 0 Å². The minimum Gasteiger partial charge on any atom is -0.494 e. The van der Waals surface area contributed by atoms with E-state index in [1.807, 2.05) is 24.3 Å². The lowest BCUT2D eigenvalue weighted by atomic mass is 9.93. The van der Waals surface area contributed by atoms with Crippen LogP contribution in [0.2, 0.25) is 0 Å². The number of fused-ring (bicyclic) bond motifs is 1. The van der Waals surface area contributed by atoms with Crippen LogP contribution in [-0.4, -0.2) is 101 Å². The lowest BCUT2D eigenvalue weighted by Crippen LogP contribution is -2.65. The molecular formula is C47H69N5O12. The molecule has 354 valence electrons. The molecule has 4 rings (SSSR count). The number of carbonyl (C=O) groups is 5. The number of nitrogens with one attached hydrogen (secondary N) is 2. The zero-order valence-corrected chi connectivity index (χ0v) is 38.8. The molecule has 1 fully saturated rings. The molecule has 0 aliphatic carbocycles. The first-order valence-electron chi connectivity index (χ1n) is 23.9. The minimum absolute atomic E-state index is 0.0558. The molecule has 2 aromatic heterocycles. The molecule has 0 spiro atoms. The predicted molar refractivity (Wildman–Crippen MR) is 237 cm³/mol. The molecule has 1 aliphatic heterocycles. The van der Waals surface area contributed by atoms with Gasteiger partial charge in [0.2, 0.25) is 24.2 Å². The van der Waals surface area contributed by atoms with Gasteiger partial charge in [-0.15, -0.1) is 5.10 Å². The molecule has 4 N–H and O–H groups in total. The number of hydrogen-bond donors (Lipinski definition) is 3. The molecule has 3 aromatic rings. The first-order chi connectivity index (χ1) is 31.7. The normalized spacial score (nSPS) is 20.5. The number of aromatic nitrogens is 3. The fourth-order valence-electron chi connectivity index (χ4n) is 5.88. The van der Waals surface area contributed by atoms with Crippen molar-refractivity contribution in [3.05, 3.63) is 47.7 Å². The van der Waals surface area contributed by atoms with Gasteiger partial charge in [0.1, 0.15) is 18.5 Å². The SMILES string of the molecule is [2H]CC(C)(C)C(=O)OC[C@H]1OC(Oc2n[nH]c3nccc(CCc4ccc(OCCCNC(C)(C)C(N)=O)cc4)c23)[C@H](OC(=O)C(C)(C)C[2H])[C@@H](OC(=O)C(C)(C)C[2H])[C@@H]1OC(=O)C(C)(C)C[2H]. The Kier molecular flexibility index (Phi) is 14.3. The van der Waals surface area contributed by atoms with Gasteiger partial charge in [0.25, 0.3) is 0 Å². The minimum atomic E-state index is -1.74. The van der Waals surface area contributed by atoms with E-state index in [0.29, 0.717) is 49.2 Å². The van der Waals surface area contributed by atoms with Gasteiger partial charge in [-0.25, -0.2) is 4.98 Å². The highest BCUT2D eigenvalue weighted by molar-refractivity contribution is 5.85. The Hall–Kier alpha value is -5.29. The standard InChI is InChI=1S/C47H69N5O12/c1-43(2,3)39(54)59-26-30-32(61-40(55)44(4,5)6)33(62-41(56)45(7,8)9)34(63-42(57)46(10,11)12)37(60-30)64-36-31-28(22-24-49-35(31)51-52-36)19-16-27-17-20-29(21-18-27)58-25-15-23-50-47(13,14)38(48)53/h17-18,20-22,24,30,32-34,37,50H,15-16,19,23,25-26H2,1-14H3,(H2,48,53)(H,49,51,52)/t30-,32-,33+,34-,37?/m1/s1/i1D,4D,7D,10D. The van der Waals surface area contributed by atoms with E-state index in [2.05, 4.69) is 20.5 Å². The van der Waals surface area contributed by atoms with Crippen LogP contribution >= 0.6 is 0 Å². The zero-order chi connectivity index (χ0) is 50.8. The molecule has 1 aliphatic rings. The summed E-state index contributed by atoms with van der Waals surface area (Å²) in [4.78, 5) is 70.9. The van der Waals surface area contributed by atoms with E-state index in [1.165, 1.54) is 55.4 Å². The predicted octanol–water partition coefficient (Wildman–Crippen LogP) is 5.93. The Morgan fingerprint density at radius 3 is 1.91 bits per heavy atom. The third kappa shape index (κ3) is 13.9. The number of rotatable bonds is 17. The van der Waals surface area contributed by atoms with Gasteiger partial charge >= 0.3 is 23.9 Å². The maximum absolute atomic E-state index is 13.9. The summed E-state index contributed by atoms with van der Waals surface area (Å²) in [6.45, 7) is 14.1. The maximum atomic E-state index is 13.9. The molecule has 1 unspecified atom stereocenters. The third-order valence-electron chi connectivity index (χ3n) is 10.0. The fourth-order valence-corrected chi connectivity index (χ4v) is 5.88. The molecule has 1 amide bonds. The van der Waals surface area contributed by atoms with Crippen molar-refractivity contribution in [2.45, 2.75) is 152 Å². The summed E-state index contributed by atoms with van der Waals surface area (Å²) < 4.78 is 74.8. The van der Waals surface area contributed by atoms with E-state index in [9.17, 15) is 24.0 Å². The molecule has 1 aromatic carbocycles. The number of benzene rings is 1. The molecule has 0 bridgehead atoms. The van der Waals surface area contributed by atoms with Crippen LogP contribution in [0.3, 0.4) is 0 Å². The molecule has 64 heavy (non-hydrogen) atoms. The topological polar surface area (TPSA) is 230 Å². The van der Waals surface area contributed by atoms with E-state index in [0.717, 1.165) is 11.1 Å². The largest absolute Gasteiger partial charge is 0.494 e. The number of ether oxygens (including phenoxy) is 7. The Morgan fingerprint density at radius 2 is 1.33 bits per heavy atom. The highest BCUT2D eigenvalue weighted by Gasteiger charge is 2.56. The number of pyridine rings is 1. The summed E-state index contributed by atoms with van der Waals surface area (Å²) in [5.74, 6) is -3.36. The van der Waals surface area contributed by atoms with Crippen LogP contribution < -0.4 is 20.5 Å². The summed E-state index contributed by atoms with van der Waals surface area (Å²) in [5.41, 5.74) is 1.19. The molecule has 17 heteroatoms. The number of nitrogens with zero attached hydrogens (tertiary/aromatic N) is 2. The van der Waals surface area contributed by atoms with Crippen molar-refractivity contribution in [2.24, 2.45) is 27.4 Å². The Bertz CT molecular complexity index is 2220. The fraction of sp³-hybridized carbons (Fsp3) is 0.638. The molecule has 0 radical (unpaired) electrons. The summed E-state index contributed by atoms with van der Waals surface area (Å²) in [7, 11) is 0. The van der Waals surface area contributed by atoms with Crippen LogP contribution in [0.15, 0.2) is 36.5 Å². The monoisotopic (exact) mass is 900 g/mol. The number of aromatic amines is 1. The van der Waals surface area contributed by atoms with Crippen molar-refractivity contribution in [3.8, 4) is 11.6 Å². The molecule has 0 saturated carbocycles. The van der Waals surface area contributed by atoms with Crippen LogP contribution in [0.4, 0.5) is 0 Å². The quantitative estimate of drug-likeness (QED) is 0.0810. The van der Waals surface area contributed by atoms with Gasteiger partial charge in [0, 0.05) is 11.7 Å². The van der Waals surface area contributed by atoms with Crippen molar-refractivity contribution in [3.63, 3.8) is 0 Å². The maximum Gasteiger partial charge on any atom is 0.311 e. The number of nitrogens with two attached hydrogens (primary N) is 1. The highest BCUT2D eigenvalue weighted by Crippen LogP contribution is 2.37. The lowest BCUT2D eigenvalue weighted by Gasteiger charge is -2.45. The van der Waals surface area contributed by atoms with Gasteiger partial charge in [-0.3, -0.25) is 29.1 Å². The average Bonchev–Trinajstić information content (AvgIpc) is 3.72. The first-order valence-corrected chi connectivity index (χ1v) is 21.1. The van der Waals surface area contributed by atoms with Gasteiger partial charge in [-0.1, -0.05) is 12.1 Å². The van der Waals surface area contributed by atoms with Gasteiger partial charge < -0.3 is 44.2 Å². The molecule has 17 nitrogen and oxygen atoms in total. The molecule has 3 heterocycles. The number of esters is 4. The number of H-pyrrole nitrogens is 1. The summed E-state index contributed by atoms with van der Waals surface area (Å²) in [6.07, 6.45) is -5.06. The van der Waals surface area contributed by atoms with Crippen LogP contribution in [0.25, 0.3) is 11.0 Å². The van der Waals surface area contributed by atoms with Crippen molar-refractivity contribution < 1.29 is 62.6 Å². The summed E-state index contributed by atoms with van der Waals surface area (Å²) >= 11 is 0. The second kappa shape index (κ2) is 20.3. The average molecular weight is 900 g/mol. The van der Waals surface area contributed by atoms with Crippen molar-refractivity contribution in [1.29, 1.82) is 0 Å². The number of amides is 1. The van der Waals surface area contributed by atoms with Crippen LogP contribution in [0.5, 0.6) is 11.6 Å². The van der Waals surface area contributed by atoms with Crippen molar-refractivity contribution >= 4 is 40.8 Å². The van der Waals surface area contributed by atoms with E-state index in [4.69, 9.17) is 44.4 Å². The van der Waals surface area contributed by atoms with E-state index < -0.39 is 115 Å². The summed E-state index contributed by atoms with van der Waals surface area (Å²) in [5, 5.41) is 10.8. The second-order valence-corrected chi connectivity index (χ2v) is 19.4. The number of hydrogen-bond acceptors (Lipinski definition) is 15. The molecular weight excluding hydrogens is 827 g/mol. The first kappa shape index (κ1) is 45.3. The Balaban J connectivity index is 1.73. The van der Waals surface area contributed by atoms with Gasteiger partial charge in [-0.05, 0) is 152 Å². The zero-order valence-electron chi connectivity index (χ0n) is 42.8. The number of carbonyl (C=O) groups excluding carboxylic acids is 5. The van der Waals surface area contributed by atoms with E-state index >= 15 is 0 Å². The Morgan fingerprint density at radius 1 is 0.766 bits per heavy atom. The molecule has 5 atom stereocenters. The number of aryl methyl sites for hydroxylation is 2. The lowest BCUT2D eigenvalue weighted by molar-refractivity contribution is -0.294. The van der Waals surface area contributed by atoms with Crippen molar-refractivity contribution in [2.75, 3.05) is 19.8 Å². The van der Waals surface area contributed by atoms with E-state index in [1.54, 1.807) is 26.1 Å². The van der Waals surface area contributed by atoms with Crippen molar-refractivity contribution in [1.82, 2.24) is 20.5 Å². The smallest absolute Gasteiger partial charge is 0.311 e. The third-order valence-corrected chi connectivity index (χ3v) is 10.0. The van der Waals surface area contributed by atoms with Gasteiger partial charge in [0.05, 0.1) is 39.2 Å². The van der Waals surface area contributed by atoms with Crippen LogP contribution in [-0.2, 0) is 60.5 Å². The Labute approximate surface area is 382 Å². The van der Waals surface area contributed by atoms with Crippen LogP contribution in [0.1, 0.15) is 120 Å².